The fourth-order valence-electron chi connectivity index (χ4n) is 8.91. The third-order valence-corrected chi connectivity index (χ3v) is 14.1. The molecular formula is C46H62N6O5S. The van der Waals surface area contributed by atoms with Crippen LogP contribution in [0.15, 0.2) is 66.7 Å². The second kappa shape index (κ2) is 19.5. The maximum absolute atomic E-state index is 15.5. The Morgan fingerprint density at radius 3 is 2.19 bits per heavy atom. The van der Waals surface area contributed by atoms with Crippen molar-refractivity contribution in [3.8, 4) is 11.3 Å². The number of hydrogen-bond acceptors (Lipinski definition) is 6. The summed E-state index contributed by atoms with van der Waals surface area (Å²) in [5, 5.41) is 0. The van der Waals surface area contributed by atoms with Crippen LogP contribution >= 0.6 is 0 Å². The minimum atomic E-state index is -3.82. The minimum Gasteiger partial charge on any atom is -0.379 e. The van der Waals surface area contributed by atoms with Crippen LogP contribution in [0.1, 0.15) is 89.0 Å². The van der Waals surface area contributed by atoms with Gasteiger partial charge in [0.2, 0.25) is 6.41 Å². The summed E-state index contributed by atoms with van der Waals surface area (Å²) in [6.45, 7) is 11.8. The van der Waals surface area contributed by atoms with Crippen LogP contribution in [0.25, 0.3) is 11.3 Å². The van der Waals surface area contributed by atoms with E-state index in [2.05, 4.69) is 84.3 Å². The molecule has 4 aromatic rings. The summed E-state index contributed by atoms with van der Waals surface area (Å²) in [6, 6.07) is 22.1. The monoisotopic (exact) mass is 810 g/mol. The van der Waals surface area contributed by atoms with Crippen LogP contribution in [0, 0.1) is 6.92 Å². The Kier molecular flexibility index (Phi) is 14.5. The molecule has 312 valence electrons. The molecule has 2 N–H and O–H groups in total. The number of benzene rings is 3. The summed E-state index contributed by atoms with van der Waals surface area (Å²) < 4.78 is 39.1. The number of carbonyl (C=O) groups is 2. The number of unbranched alkanes of at least 4 members (excludes halogenated alkanes) is 2. The van der Waals surface area contributed by atoms with Gasteiger partial charge < -0.3 is 19.9 Å². The van der Waals surface area contributed by atoms with Crippen molar-refractivity contribution in [2.45, 2.75) is 91.3 Å². The van der Waals surface area contributed by atoms with Crippen LogP contribution in [0.2, 0.25) is 0 Å². The Balaban J connectivity index is 0.00000183. The van der Waals surface area contributed by atoms with Gasteiger partial charge in [-0.15, -0.1) is 0 Å². The number of amides is 2. The van der Waals surface area contributed by atoms with Crippen LogP contribution in [-0.2, 0) is 65.6 Å². The number of carbonyl (C=O) groups excluding carboxylic acids is 2. The van der Waals surface area contributed by atoms with Crippen molar-refractivity contribution in [1.29, 1.82) is 0 Å². The van der Waals surface area contributed by atoms with Crippen LogP contribution in [0.4, 0.5) is 5.69 Å². The smallest absolute Gasteiger partial charge is 0.304 e. The van der Waals surface area contributed by atoms with Crippen molar-refractivity contribution in [3.05, 3.63) is 111 Å². The van der Waals surface area contributed by atoms with Gasteiger partial charge in [-0.25, -0.2) is 0 Å². The summed E-state index contributed by atoms with van der Waals surface area (Å²) in [5.74, 6) is 0.0161. The molecule has 2 amide bonds. The number of morpholine rings is 1. The average molecular weight is 811 g/mol. The number of rotatable bonds is 13. The van der Waals surface area contributed by atoms with E-state index in [9.17, 15) is 8.42 Å². The summed E-state index contributed by atoms with van der Waals surface area (Å²) in [5.41, 5.74) is 16.1. The molecular weight excluding hydrogens is 749 g/mol. The van der Waals surface area contributed by atoms with Crippen molar-refractivity contribution in [2.75, 3.05) is 50.7 Å². The topological polar surface area (TPSA) is 121 Å². The lowest BCUT2D eigenvalue weighted by atomic mass is 9.88. The van der Waals surface area contributed by atoms with E-state index in [-0.39, 0.29) is 24.9 Å². The highest BCUT2D eigenvalue weighted by Gasteiger charge is 2.36. The van der Waals surface area contributed by atoms with E-state index in [1.165, 1.54) is 32.3 Å². The van der Waals surface area contributed by atoms with Gasteiger partial charge in [-0.1, -0.05) is 69.2 Å². The molecule has 58 heavy (non-hydrogen) atoms. The fraction of sp³-hybridized carbons (Fsp3) is 0.478. The van der Waals surface area contributed by atoms with Crippen LogP contribution in [0.3, 0.4) is 0 Å². The molecule has 4 heterocycles. The fourth-order valence-corrected chi connectivity index (χ4v) is 10.3. The molecule has 1 saturated heterocycles. The summed E-state index contributed by atoms with van der Waals surface area (Å²) in [7, 11) is -0.0359. The summed E-state index contributed by atoms with van der Waals surface area (Å²) in [6.07, 6.45) is 8.03. The zero-order valence-electron chi connectivity index (χ0n) is 35.1. The van der Waals surface area contributed by atoms with Crippen LogP contribution < -0.4 is 10.0 Å². The molecule has 3 aliphatic rings. The lowest BCUT2D eigenvalue weighted by Gasteiger charge is -2.41. The highest BCUT2D eigenvalue weighted by Crippen LogP contribution is 2.39. The molecule has 12 heteroatoms. The minimum absolute atomic E-state index is 0.00407. The normalized spacial score (nSPS) is 17.2. The number of para-hydroxylation sites is 1. The first-order valence-corrected chi connectivity index (χ1v) is 22.4. The molecule has 11 nitrogen and oxygen atoms in total. The highest BCUT2D eigenvalue weighted by atomic mass is 32.2. The lowest BCUT2D eigenvalue weighted by Crippen LogP contribution is -2.52. The Morgan fingerprint density at radius 1 is 0.879 bits per heavy atom. The van der Waals surface area contributed by atoms with E-state index in [1.54, 1.807) is 11.4 Å². The Labute approximate surface area is 345 Å². The largest absolute Gasteiger partial charge is 0.379 e. The number of ether oxygens (including phenoxy) is 1. The summed E-state index contributed by atoms with van der Waals surface area (Å²) >= 11 is 0. The van der Waals surface area contributed by atoms with Gasteiger partial charge in [0.25, 0.3) is 5.91 Å². The molecule has 0 unspecified atom stereocenters. The third-order valence-electron chi connectivity index (χ3n) is 12.3. The van der Waals surface area contributed by atoms with Crippen molar-refractivity contribution < 1.29 is 22.7 Å². The second-order valence-corrected chi connectivity index (χ2v) is 17.8. The van der Waals surface area contributed by atoms with Gasteiger partial charge in [-0.3, -0.25) is 18.8 Å². The Hall–Kier alpha value is -4.49. The van der Waals surface area contributed by atoms with E-state index < -0.39 is 10.2 Å². The number of nitrogens with two attached hydrogens (primary N) is 1. The SMILES string of the molecule is CCCCc1c(CCCC)c(-c2cc3c(cc2C(=O)N2Cc4ccccc4C[C@H]2CN2CCOCC2)CN(S(=O)(=O)N(C)c2ccccc2)CC3)n(C)c1C.NC=O. The highest BCUT2D eigenvalue weighted by molar-refractivity contribution is 7.90. The van der Waals surface area contributed by atoms with Crippen molar-refractivity contribution in [3.63, 3.8) is 0 Å². The number of anilines is 1. The van der Waals surface area contributed by atoms with E-state index in [1.807, 2.05) is 30.3 Å². The van der Waals surface area contributed by atoms with Gasteiger partial charge >= 0.3 is 10.2 Å². The first-order valence-electron chi connectivity index (χ1n) is 21.0. The maximum Gasteiger partial charge on any atom is 0.304 e. The van der Waals surface area contributed by atoms with Gasteiger partial charge in [0, 0.05) is 76.2 Å². The van der Waals surface area contributed by atoms with E-state index in [0.717, 1.165) is 87.0 Å². The van der Waals surface area contributed by atoms with Crippen LogP contribution in [0.5, 0.6) is 0 Å². The van der Waals surface area contributed by atoms with Crippen molar-refractivity contribution in [2.24, 2.45) is 12.8 Å². The quantitative estimate of drug-likeness (QED) is 0.156. The second-order valence-electron chi connectivity index (χ2n) is 15.8. The number of hydrogen-bond donors (Lipinski definition) is 1. The van der Waals surface area contributed by atoms with E-state index in [0.29, 0.717) is 44.0 Å². The number of primary amides is 1. The lowest BCUT2D eigenvalue weighted by molar-refractivity contribution is -0.106. The van der Waals surface area contributed by atoms with Gasteiger partial charge in [0.05, 0.1) is 24.6 Å². The van der Waals surface area contributed by atoms with Gasteiger partial charge in [-0.2, -0.15) is 12.7 Å². The average Bonchev–Trinajstić information content (AvgIpc) is 3.48. The van der Waals surface area contributed by atoms with E-state index >= 15 is 4.79 Å². The zero-order valence-corrected chi connectivity index (χ0v) is 35.9. The molecule has 0 saturated carbocycles. The zero-order chi connectivity index (χ0) is 41.4. The molecule has 0 bridgehead atoms. The van der Waals surface area contributed by atoms with E-state index in [4.69, 9.17) is 9.53 Å². The Morgan fingerprint density at radius 2 is 1.52 bits per heavy atom. The third kappa shape index (κ3) is 9.20. The molecule has 0 spiro atoms. The molecule has 1 fully saturated rings. The molecule has 3 aromatic carbocycles. The maximum atomic E-state index is 15.5. The van der Waals surface area contributed by atoms with Gasteiger partial charge in [0.15, 0.2) is 0 Å². The molecule has 1 atom stereocenters. The van der Waals surface area contributed by atoms with Gasteiger partial charge in [-0.05, 0) is 103 Å². The molecule has 3 aliphatic heterocycles. The van der Waals surface area contributed by atoms with Crippen LogP contribution in [-0.4, -0.2) is 91.9 Å². The molecule has 0 radical (unpaired) electrons. The number of fused-ring (bicyclic) bond motifs is 2. The number of nitrogens with zero attached hydrogens (tertiary/aromatic N) is 5. The summed E-state index contributed by atoms with van der Waals surface area (Å²) in [4.78, 5) is 28.7. The molecule has 1 aromatic heterocycles. The first-order chi connectivity index (χ1) is 28.0. The molecule has 0 aliphatic carbocycles. The molecule has 7 rings (SSSR count). The number of aromatic nitrogens is 1. The van der Waals surface area contributed by atoms with Crippen molar-refractivity contribution >= 4 is 28.2 Å². The standard InChI is InChI=1S/C45H59N5O4S.CH3NO/c1-6-8-19-40-33(3)46(4)44(41(40)20-9-7-2)42-28-35-21-22-49(55(52,53)47(5)38-17-11-10-12-18-38)30-37(35)29-43(42)45(51)50-31-36-16-14-13-15-34(36)27-39(50)32-48-23-25-54-26-24-48;2-1-3/h10-18,28-29,39H,6-9,19-27,30-32H2,1-5H3;1H,(H2,2,3)/t39-;/m0./s1. The predicted octanol–water partition coefficient (Wildman–Crippen LogP) is 6.43. The van der Waals surface area contributed by atoms with Gasteiger partial charge in [0.1, 0.15) is 0 Å². The predicted molar refractivity (Wildman–Crippen MR) is 232 cm³/mol. The van der Waals surface area contributed by atoms with Crippen molar-refractivity contribution in [1.82, 2.24) is 18.7 Å². The first kappa shape index (κ1) is 43.1. The Bertz CT molecular complexity index is 2150.